The second kappa shape index (κ2) is 15.7. The van der Waals surface area contributed by atoms with E-state index >= 15 is 0 Å². The molecule has 0 amide bonds. The predicted octanol–water partition coefficient (Wildman–Crippen LogP) is 0.855. The first-order valence-corrected chi connectivity index (χ1v) is 1.89. The molecular formula is C4H11BrNiO2. The van der Waals surface area contributed by atoms with Crippen LogP contribution in [0.3, 0.4) is 0 Å². The van der Waals surface area contributed by atoms with Gasteiger partial charge in [-0.1, -0.05) is 0 Å². The van der Waals surface area contributed by atoms with Crippen LogP contribution in [-0.4, -0.2) is 27.4 Å². The molecule has 0 aromatic heterocycles. The molecule has 0 aliphatic heterocycles. The van der Waals surface area contributed by atoms with Crippen LogP contribution >= 0.6 is 17.0 Å². The van der Waals surface area contributed by atoms with Crippen LogP contribution in [0.5, 0.6) is 0 Å². The number of ether oxygens (including phenoxy) is 2. The molecule has 56 valence electrons. The molecule has 0 bridgehead atoms. The first kappa shape index (κ1) is 16.0. The van der Waals surface area contributed by atoms with E-state index in [4.69, 9.17) is 0 Å². The minimum Gasteiger partial charge on any atom is -0.382 e. The molecule has 0 fully saturated rings. The molecule has 0 aromatic rings. The number of methoxy groups -OCH3 is 2. The minimum atomic E-state index is 0. The Bertz CT molecular complexity index is 26.0. The van der Waals surface area contributed by atoms with Crippen LogP contribution in [0.15, 0.2) is 0 Å². The van der Waals surface area contributed by atoms with Crippen molar-refractivity contribution in [3.05, 3.63) is 0 Å². The van der Waals surface area contributed by atoms with Crippen LogP contribution in [0.2, 0.25) is 0 Å². The summed E-state index contributed by atoms with van der Waals surface area (Å²) in [4.78, 5) is 0. The van der Waals surface area contributed by atoms with Crippen LogP contribution in [0.4, 0.5) is 0 Å². The molecule has 0 atom stereocenters. The molecule has 0 aliphatic rings. The zero-order valence-corrected chi connectivity index (χ0v) is 7.66. The van der Waals surface area contributed by atoms with E-state index in [0.29, 0.717) is 13.2 Å². The Hall–Kier alpha value is 0.894. The van der Waals surface area contributed by atoms with Crippen molar-refractivity contribution >= 4 is 17.0 Å². The van der Waals surface area contributed by atoms with E-state index in [1.54, 1.807) is 14.2 Å². The van der Waals surface area contributed by atoms with Gasteiger partial charge in [-0.15, -0.1) is 17.0 Å². The normalized spacial score (nSPS) is 6.75. The molecule has 0 aliphatic carbocycles. The standard InChI is InChI=1S/C4H10O2.BrH.Ni/c1-5-3-4-6-2;;/h3-4H2,1-2H3;1H;. The topological polar surface area (TPSA) is 18.5 Å². The third kappa shape index (κ3) is 15.8. The zero-order valence-electron chi connectivity index (χ0n) is 4.96. The van der Waals surface area contributed by atoms with Gasteiger partial charge in [-0.3, -0.25) is 0 Å². The van der Waals surface area contributed by atoms with E-state index in [0.717, 1.165) is 0 Å². The van der Waals surface area contributed by atoms with Crippen LogP contribution in [-0.2, 0) is 26.0 Å². The zero-order chi connectivity index (χ0) is 4.83. The minimum absolute atomic E-state index is 0. The van der Waals surface area contributed by atoms with Gasteiger partial charge in [0.05, 0.1) is 13.2 Å². The fraction of sp³-hybridized carbons (Fsp3) is 1.00. The van der Waals surface area contributed by atoms with E-state index < -0.39 is 0 Å². The molecule has 0 saturated heterocycles. The molecule has 0 heterocycles. The van der Waals surface area contributed by atoms with Gasteiger partial charge in [0.1, 0.15) is 0 Å². The van der Waals surface area contributed by atoms with Gasteiger partial charge in [-0.05, 0) is 0 Å². The Kier molecular flexibility index (Phi) is 31.2. The number of hydrogen-bond acceptors (Lipinski definition) is 2. The summed E-state index contributed by atoms with van der Waals surface area (Å²) >= 11 is 0. The molecule has 0 aromatic carbocycles. The van der Waals surface area contributed by atoms with Crippen LogP contribution in [0.25, 0.3) is 0 Å². The maximum absolute atomic E-state index is 4.66. The summed E-state index contributed by atoms with van der Waals surface area (Å²) < 4.78 is 9.31. The number of halogens is 1. The number of rotatable bonds is 3. The Balaban J connectivity index is -0.000000125. The summed E-state index contributed by atoms with van der Waals surface area (Å²) in [5.41, 5.74) is 0. The van der Waals surface area contributed by atoms with Gasteiger partial charge >= 0.3 is 0 Å². The molecule has 0 radical (unpaired) electrons. The van der Waals surface area contributed by atoms with E-state index in [2.05, 4.69) is 9.47 Å². The van der Waals surface area contributed by atoms with Gasteiger partial charge in [-0.2, -0.15) is 0 Å². The largest absolute Gasteiger partial charge is 0.382 e. The van der Waals surface area contributed by atoms with E-state index in [9.17, 15) is 0 Å². The van der Waals surface area contributed by atoms with Crippen molar-refractivity contribution in [3.63, 3.8) is 0 Å². The van der Waals surface area contributed by atoms with Gasteiger partial charge in [-0.25, -0.2) is 0 Å². The van der Waals surface area contributed by atoms with E-state index in [-0.39, 0.29) is 33.5 Å². The molecule has 0 saturated carbocycles. The number of hydrogen-bond donors (Lipinski definition) is 0. The van der Waals surface area contributed by atoms with E-state index in [1.807, 2.05) is 0 Å². The predicted molar refractivity (Wildman–Crippen MR) is 34.1 cm³/mol. The summed E-state index contributed by atoms with van der Waals surface area (Å²) in [6.07, 6.45) is 0. The van der Waals surface area contributed by atoms with Crippen molar-refractivity contribution in [1.29, 1.82) is 0 Å². The fourth-order valence-electron chi connectivity index (χ4n) is 0.167. The molecule has 8 heavy (non-hydrogen) atoms. The van der Waals surface area contributed by atoms with Crippen molar-refractivity contribution in [2.24, 2.45) is 0 Å². The van der Waals surface area contributed by atoms with E-state index in [1.165, 1.54) is 0 Å². The fourth-order valence-corrected chi connectivity index (χ4v) is 0.167. The third-order valence-corrected chi connectivity index (χ3v) is 0.492. The van der Waals surface area contributed by atoms with Gasteiger partial charge in [0.2, 0.25) is 0 Å². The van der Waals surface area contributed by atoms with Crippen molar-refractivity contribution in [3.8, 4) is 0 Å². The first-order chi connectivity index (χ1) is 2.91. The molecule has 0 rings (SSSR count). The molecular weight excluding hydrogens is 219 g/mol. The van der Waals surface area contributed by atoms with Gasteiger partial charge in [0.15, 0.2) is 0 Å². The average Bonchev–Trinajstić information content (AvgIpc) is 1.61. The van der Waals surface area contributed by atoms with Crippen molar-refractivity contribution < 1.29 is 26.0 Å². The van der Waals surface area contributed by atoms with Crippen molar-refractivity contribution in [2.75, 3.05) is 27.4 Å². The van der Waals surface area contributed by atoms with Crippen LogP contribution in [0.1, 0.15) is 0 Å². The van der Waals surface area contributed by atoms with Gasteiger partial charge < -0.3 is 9.47 Å². The quantitative estimate of drug-likeness (QED) is 0.528. The third-order valence-electron chi connectivity index (χ3n) is 0.492. The Morgan fingerprint density at radius 2 is 1.25 bits per heavy atom. The molecule has 0 spiro atoms. The molecule has 4 heteroatoms. The van der Waals surface area contributed by atoms with Crippen molar-refractivity contribution in [1.82, 2.24) is 0 Å². The van der Waals surface area contributed by atoms with Crippen molar-refractivity contribution in [2.45, 2.75) is 0 Å². The first-order valence-electron chi connectivity index (χ1n) is 1.89. The summed E-state index contributed by atoms with van der Waals surface area (Å²) in [7, 11) is 3.30. The van der Waals surface area contributed by atoms with Gasteiger partial charge in [0.25, 0.3) is 0 Å². The Labute approximate surface area is 70.6 Å². The van der Waals surface area contributed by atoms with Gasteiger partial charge in [0, 0.05) is 30.7 Å². The summed E-state index contributed by atoms with van der Waals surface area (Å²) in [5, 5.41) is 0. The second-order valence-electron chi connectivity index (χ2n) is 0.986. The molecule has 0 N–H and O–H groups in total. The molecule has 0 unspecified atom stereocenters. The van der Waals surface area contributed by atoms with Crippen LogP contribution in [0, 0.1) is 0 Å². The SMILES string of the molecule is Br.COCCOC.[Ni]. The van der Waals surface area contributed by atoms with Crippen LogP contribution < -0.4 is 0 Å². The summed E-state index contributed by atoms with van der Waals surface area (Å²) in [6, 6.07) is 0. The Morgan fingerprint density at radius 3 is 1.38 bits per heavy atom. The second-order valence-corrected chi connectivity index (χ2v) is 0.986. The maximum atomic E-state index is 4.66. The maximum Gasteiger partial charge on any atom is 0.0696 e. The summed E-state index contributed by atoms with van der Waals surface area (Å²) in [6.45, 7) is 1.38. The summed E-state index contributed by atoms with van der Waals surface area (Å²) in [5.74, 6) is 0. The smallest absolute Gasteiger partial charge is 0.0696 e. The average molecular weight is 230 g/mol. The monoisotopic (exact) mass is 228 g/mol. The Morgan fingerprint density at radius 1 is 1.00 bits per heavy atom. The molecule has 2 nitrogen and oxygen atoms in total.